The number of nitrogens with zero attached hydrogens (tertiary/aromatic N) is 3. The van der Waals surface area contributed by atoms with Crippen molar-refractivity contribution in [3.63, 3.8) is 0 Å². The fourth-order valence-electron chi connectivity index (χ4n) is 3.58. The van der Waals surface area contributed by atoms with E-state index in [-0.39, 0.29) is 0 Å². The largest absolute Gasteiger partial charge is 0.378 e. The highest BCUT2D eigenvalue weighted by molar-refractivity contribution is 7.19. The zero-order valence-corrected chi connectivity index (χ0v) is 16.0. The number of carbonyl (C=O) groups is 1. The molecule has 4 heterocycles. The molecule has 1 aliphatic heterocycles. The van der Waals surface area contributed by atoms with Gasteiger partial charge >= 0.3 is 0 Å². The average molecular weight is 393 g/mol. The van der Waals surface area contributed by atoms with Crippen LogP contribution in [-0.4, -0.2) is 47.7 Å². The minimum absolute atomic E-state index is 0.496. The molecule has 0 bridgehead atoms. The zero-order valence-electron chi connectivity index (χ0n) is 15.1. The van der Waals surface area contributed by atoms with Gasteiger partial charge in [0.15, 0.2) is 11.6 Å². The van der Waals surface area contributed by atoms with Crippen LogP contribution < -0.4 is 10.2 Å². The summed E-state index contributed by atoms with van der Waals surface area (Å²) in [5, 5.41) is 3.84. The van der Waals surface area contributed by atoms with Crippen molar-refractivity contribution < 1.29 is 9.53 Å². The first kappa shape index (κ1) is 17.2. The first-order valence-electron chi connectivity index (χ1n) is 9.20. The van der Waals surface area contributed by atoms with Crippen molar-refractivity contribution in [3.05, 3.63) is 41.4 Å². The molecule has 1 amide bonds. The number of morpholine rings is 1. The molecule has 1 saturated heterocycles. The number of nitrogens with one attached hydrogen (secondary N) is 2. The lowest BCUT2D eigenvalue weighted by Gasteiger charge is -2.28. The molecule has 0 radical (unpaired) electrons. The van der Waals surface area contributed by atoms with Gasteiger partial charge in [0.1, 0.15) is 0 Å². The predicted molar refractivity (Wildman–Crippen MR) is 111 cm³/mol. The second kappa shape index (κ2) is 7.21. The number of fused-ring (bicyclic) bond motifs is 2. The van der Waals surface area contributed by atoms with Crippen molar-refractivity contribution in [2.75, 3.05) is 31.2 Å². The van der Waals surface area contributed by atoms with Crippen molar-refractivity contribution >= 4 is 44.7 Å². The van der Waals surface area contributed by atoms with Gasteiger partial charge in [0, 0.05) is 40.6 Å². The molecule has 1 fully saturated rings. The minimum atomic E-state index is 0.496. The van der Waals surface area contributed by atoms with Crippen LogP contribution in [0.5, 0.6) is 0 Å². The van der Waals surface area contributed by atoms with Crippen molar-refractivity contribution in [1.29, 1.82) is 0 Å². The highest BCUT2D eigenvalue weighted by atomic mass is 32.1. The Bertz CT molecular complexity index is 1150. The summed E-state index contributed by atoms with van der Waals surface area (Å²) in [5.74, 6) is 1.66. The smallest absolute Gasteiger partial charge is 0.207 e. The lowest BCUT2D eigenvalue weighted by molar-refractivity contribution is -0.109. The van der Waals surface area contributed by atoms with Crippen LogP contribution in [0.2, 0.25) is 0 Å². The normalized spacial score (nSPS) is 14.6. The molecule has 142 valence electrons. The Hall–Kier alpha value is -2.97. The van der Waals surface area contributed by atoms with E-state index in [1.54, 1.807) is 11.3 Å². The molecular weight excluding hydrogens is 374 g/mol. The third-order valence-electron chi connectivity index (χ3n) is 4.91. The molecule has 1 aromatic carbocycles. The molecule has 0 spiro atoms. The van der Waals surface area contributed by atoms with Crippen LogP contribution in [0.3, 0.4) is 0 Å². The second-order valence-corrected chi connectivity index (χ2v) is 7.78. The molecule has 28 heavy (non-hydrogen) atoms. The Morgan fingerprint density at radius 1 is 1.25 bits per heavy atom. The van der Waals surface area contributed by atoms with Crippen LogP contribution in [0.25, 0.3) is 32.5 Å². The van der Waals surface area contributed by atoms with E-state index in [0.29, 0.717) is 25.6 Å². The van der Waals surface area contributed by atoms with E-state index < -0.39 is 0 Å². The van der Waals surface area contributed by atoms with Gasteiger partial charge in [0.25, 0.3) is 0 Å². The van der Waals surface area contributed by atoms with Gasteiger partial charge in [-0.05, 0) is 18.2 Å². The quantitative estimate of drug-likeness (QED) is 0.510. The van der Waals surface area contributed by atoms with Gasteiger partial charge in [0.2, 0.25) is 6.41 Å². The number of hydrogen-bond donors (Lipinski definition) is 2. The first-order chi connectivity index (χ1) is 13.8. The van der Waals surface area contributed by atoms with Crippen molar-refractivity contribution in [3.8, 4) is 11.4 Å². The van der Waals surface area contributed by atoms with Crippen molar-refractivity contribution in [2.45, 2.75) is 6.54 Å². The summed E-state index contributed by atoms with van der Waals surface area (Å²) < 4.78 is 6.57. The van der Waals surface area contributed by atoms with Gasteiger partial charge < -0.3 is 19.9 Å². The van der Waals surface area contributed by atoms with E-state index in [9.17, 15) is 4.79 Å². The van der Waals surface area contributed by atoms with E-state index in [1.165, 1.54) is 0 Å². The highest BCUT2D eigenvalue weighted by Crippen LogP contribution is 2.35. The summed E-state index contributed by atoms with van der Waals surface area (Å²) in [6.45, 7) is 3.49. The third-order valence-corrected chi connectivity index (χ3v) is 6.03. The van der Waals surface area contributed by atoms with Crippen LogP contribution in [0.15, 0.2) is 36.5 Å². The van der Waals surface area contributed by atoms with Crippen molar-refractivity contribution in [1.82, 2.24) is 20.3 Å². The third kappa shape index (κ3) is 3.00. The number of rotatable bonds is 5. The first-order valence-corrected chi connectivity index (χ1v) is 10.0. The highest BCUT2D eigenvalue weighted by Gasteiger charge is 2.20. The maximum Gasteiger partial charge on any atom is 0.207 e. The molecule has 0 saturated carbocycles. The van der Waals surface area contributed by atoms with E-state index in [0.717, 1.165) is 56.9 Å². The summed E-state index contributed by atoms with van der Waals surface area (Å²) in [4.78, 5) is 27.1. The SMILES string of the molecule is O=CNCc1cc2nc(-c3cccc4[nH]ccc34)nc(N3CCOCC3)c2s1. The number of aromatic nitrogens is 3. The number of anilines is 1. The number of aromatic amines is 1. The molecule has 0 aliphatic carbocycles. The lowest BCUT2D eigenvalue weighted by Crippen LogP contribution is -2.36. The van der Waals surface area contributed by atoms with Gasteiger partial charge in [0.05, 0.1) is 30.0 Å². The average Bonchev–Trinajstić information content (AvgIpc) is 3.38. The Balaban J connectivity index is 1.69. The van der Waals surface area contributed by atoms with Crippen LogP contribution in [0.4, 0.5) is 5.82 Å². The van der Waals surface area contributed by atoms with Gasteiger partial charge in [-0.2, -0.15) is 0 Å². The van der Waals surface area contributed by atoms with Crippen LogP contribution in [-0.2, 0) is 16.1 Å². The zero-order chi connectivity index (χ0) is 18.9. The topological polar surface area (TPSA) is 83.1 Å². The number of hydrogen-bond acceptors (Lipinski definition) is 6. The second-order valence-electron chi connectivity index (χ2n) is 6.64. The number of ether oxygens (including phenoxy) is 1. The molecule has 7 nitrogen and oxygen atoms in total. The van der Waals surface area contributed by atoms with Gasteiger partial charge in [-0.15, -0.1) is 11.3 Å². The number of amides is 1. The van der Waals surface area contributed by atoms with E-state index in [4.69, 9.17) is 14.7 Å². The molecule has 5 rings (SSSR count). The summed E-state index contributed by atoms with van der Waals surface area (Å²) in [7, 11) is 0. The van der Waals surface area contributed by atoms with E-state index in [2.05, 4.69) is 27.3 Å². The molecule has 4 aromatic rings. The Morgan fingerprint density at radius 3 is 3.00 bits per heavy atom. The fraction of sp³-hybridized carbons (Fsp3) is 0.250. The molecule has 2 N–H and O–H groups in total. The molecule has 0 atom stereocenters. The molecule has 1 aliphatic rings. The summed E-state index contributed by atoms with van der Waals surface area (Å²) in [6, 6.07) is 10.2. The van der Waals surface area contributed by atoms with Crippen molar-refractivity contribution in [2.24, 2.45) is 0 Å². The monoisotopic (exact) mass is 393 g/mol. The van der Waals surface area contributed by atoms with E-state index >= 15 is 0 Å². The predicted octanol–water partition coefficient (Wildman–Crippen LogP) is 2.92. The molecule has 3 aromatic heterocycles. The van der Waals surface area contributed by atoms with Gasteiger partial charge in [-0.1, -0.05) is 12.1 Å². The van der Waals surface area contributed by atoms with Gasteiger partial charge in [-0.25, -0.2) is 9.97 Å². The van der Waals surface area contributed by atoms with Gasteiger partial charge in [-0.3, -0.25) is 4.79 Å². The lowest BCUT2D eigenvalue weighted by atomic mass is 10.1. The number of carbonyl (C=O) groups excluding carboxylic acids is 1. The molecule has 8 heteroatoms. The van der Waals surface area contributed by atoms with Crippen LogP contribution >= 0.6 is 11.3 Å². The van der Waals surface area contributed by atoms with Crippen LogP contribution in [0, 0.1) is 0 Å². The minimum Gasteiger partial charge on any atom is -0.378 e. The summed E-state index contributed by atoms with van der Waals surface area (Å²) >= 11 is 1.63. The standard InChI is InChI=1S/C20H19N5O2S/c26-12-21-11-13-10-17-18(28-13)20(25-6-8-27-9-7-25)24-19(23-17)15-2-1-3-16-14(15)4-5-22-16/h1-5,10,12,22H,6-9,11H2,(H,21,26). The summed E-state index contributed by atoms with van der Waals surface area (Å²) in [6.07, 6.45) is 2.65. The van der Waals surface area contributed by atoms with Crippen LogP contribution in [0.1, 0.15) is 4.88 Å². The molecule has 0 unspecified atom stereocenters. The van der Waals surface area contributed by atoms with E-state index in [1.807, 2.05) is 24.4 Å². The fourth-order valence-corrected chi connectivity index (χ4v) is 4.65. The molecular formula is C20H19N5O2S. The Morgan fingerprint density at radius 2 is 2.14 bits per heavy atom. The maximum atomic E-state index is 10.7. The number of thiophene rings is 1. The summed E-state index contributed by atoms with van der Waals surface area (Å²) in [5.41, 5.74) is 2.98. The Kier molecular flexibility index (Phi) is 4.42. The number of H-pyrrole nitrogens is 1. The Labute approximate surface area is 165 Å². The maximum absolute atomic E-state index is 10.7. The number of benzene rings is 1.